The van der Waals surface area contributed by atoms with Crippen LogP contribution >= 0.6 is 0 Å². The molecule has 0 saturated carbocycles. The van der Waals surface area contributed by atoms with Gasteiger partial charge in [-0.2, -0.15) is 0 Å². The van der Waals surface area contributed by atoms with Crippen LogP contribution in [0.25, 0.3) is 0 Å². The lowest BCUT2D eigenvalue weighted by Crippen LogP contribution is -2.09. The molecule has 2 unspecified atom stereocenters. The predicted molar refractivity (Wildman–Crippen MR) is 83.5 cm³/mol. The molecule has 3 heteroatoms. The smallest absolute Gasteiger partial charge is 0.131 e. The Bertz CT molecular complexity index is 593. The fraction of sp³-hybridized carbons (Fsp3) is 0.333. The van der Waals surface area contributed by atoms with Gasteiger partial charge in [-0.3, -0.25) is 0 Å². The highest BCUT2D eigenvalue weighted by atomic mass is 19.1. The van der Waals surface area contributed by atoms with Crippen LogP contribution in [0.15, 0.2) is 42.5 Å². The van der Waals surface area contributed by atoms with E-state index in [4.69, 9.17) is 0 Å². The van der Waals surface area contributed by atoms with Crippen LogP contribution in [0.4, 0.5) is 14.5 Å². The molecule has 1 nitrogen and oxygen atoms in total. The Labute approximate surface area is 125 Å². The zero-order valence-corrected chi connectivity index (χ0v) is 12.7. The first-order valence-corrected chi connectivity index (χ1v) is 7.32. The van der Waals surface area contributed by atoms with Crippen molar-refractivity contribution in [1.29, 1.82) is 0 Å². The number of anilines is 1. The van der Waals surface area contributed by atoms with E-state index >= 15 is 0 Å². The molecule has 0 aliphatic carbocycles. The van der Waals surface area contributed by atoms with Crippen molar-refractivity contribution >= 4 is 5.69 Å². The van der Waals surface area contributed by atoms with Gasteiger partial charge in [0.25, 0.3) is 0 Å². The largest absolute Gasteiger partial charge is 0.378 e. The van der Waals surface area contributed by atoms with Crippen LogP contribution in [-0.2, 0) is 0 Å². The van der Waals surface area contributed by atoms with Crippen LogP contribution in [0.5, 0.6) is 0 Å². The first-order valence-electron chi connectivity index (χ1n) is 7.32. The van der Waals surface area contributed by atoms with Gasteiger partial charge in [0.05, 0.1) is 6.04 Å². The lowest BCUT2D eigenvalue weighted by Gasteiger charge is -2.17. The monoisotopic (exact) mass is 289 g/mol. The van der Waals surface area contributed by atoms with E-state index in [0.717, 1.165) is 18.2 Å². The van der Waals surface area contributed by atoms with Crippen molar-refractivity contribution in [3.05, 3.63) is 65.2 Å². The molecule has 0 heterocycles. The van der Waals surface area contributed by atoms with E-state index in [2.05, 4.69) is 31.3 Å². The third kappa shape index (κ3) is 3.81. The van der Waals surface area contributed by atoms with Gasteiger partial charge in [-0.25, -0.2) is 8.78 Å². The Kier molecular flexibility index (Phi) is 4.94. The summed E-state index contributed by atoms with van der Waals surface area (Å²) in [7, 11) is 0. The Morgan fingerprint density at radius 1 is 1.00 bits per heavy atom. The summed E-state index contributed by atoms with van der Waals surface area (Å²) >= 11 is 0. The van der Waals surface area contributed by atoms with Crippen molar-refractivity contribution in [3.8, 4) is 0 Å². The fourth-order valence-corrected chi connectivity index (χ4v) is 2.32. The number of halogens is 2. The number of nitrogens with one attached hydrogen (secondary N) is 1. The van der Waals surface area contributed by atoms with E-state index in [1.807, 2.05) is 19.1 Å². The SMILES string of the molecule is CCC(C)c1ccc(NC(C)c2ccc(F)cc2F)cc1. The summed E-state index contributed by atoms with van der Waals surface area (Å²) in [6.07, 6.45) is 1.10. The highest BCUT2D eigenvalue weighted by Gasteiger charge is 2.12. The van der Waals surface area contributed by atoms with Gasteiger partial charge < -0.3 is 5.32 Å². The van der Waals surface area contributed by atoms with Gasteiger partial charge >= 0.3 is 0 Å². The summed E-state index contributed by atoms with van der Waals surface area (Å²) in [5.74, 6) is -0.543. The second-order valence-corrected chi connectivity index (χ2v) is 5.46. The minimum atomic E-state index is -0.554. The van der Waals surface area contributed by atoms with Gasteiger partial charge in [0.15, 0.2) is 0 Å². The molecule has 0 amide bonds. The van der Waals surface area contributed by atoms with Gasteiger partial charge in [-0.05, 0) is 43.0 Å². The highest BCUT2D eigenvalue weighted by molar-refractivity contribution is 5.47. The van der Waals surface area contributed by atoms with Crippen molar-refractivity contribution < 1.29 is 8.78 Å². The van der Waals surface area contributed by atoms with Crippen LogP contribution in [0, 0.1) is 11.6 Å². The molecule has 0 spiro atoms. The average Bonchev–Trinajstić information content (AvgIpc) is 2.47. The van der Waals surface area contributed by atoms with E-state index in [0.29, 0.717) is 11.5 Å². The normalized spacial score (nSPS) is 13.8. The van der Waals surface area contributed by atoms with E-state index in [9.17, 15) is 8.78 Å². The number of rotatable bonds is 5. The zero-order valence-electron chi connectivity index (χ0n) is 12.7. The van der Waals surface area contributed by atoms with Crippen molar-refractivity contribution in [3.63, 3.8) is 0 Å². The summed E-state index contributed by atoms with van der Waals surface area (Å²) in [4.78, 5) is 0. The lowest BCUT2D eigenvalue weighted by molar-refractivity contribution is 0.566. The third-order valence-corrected chi connectivity index (χ3v) is 3.90. The predicted octanol–water partition coefficient (Wildman–Crippen LogP) is 5.65. The maximum atomic E-state index is 13.7. The molecule has 1 N–H and O–H groups in total. The maximum absolute atomic E-state index is 13.7. The fourth-order valence-electron chi connectivity index (χ4n) is 2.32. The summed E-state index contributed by atoms with van der Waals surface area (Å²) in [6.45, 7) is 6.22. The van der Waals surface area contributed by atoms with Gasteiger partial charge in [0.2, 0.25) is 0 Å². The Hall–Kier alpha value is -1.90. The van der Waals surface area contributed by atoms with Gasteiger partial charge in [0, 0.05) is 17.3 Å². The molecular weight excluding hydrogens is 268 g/mol. The van der Waals surface area contributed by atoms with Crippen LogP contribution in [0.3, 0.4) is 0 Å². The lowest BCUT2D eigenvalue weighted by atomic mass is 9.98. The van der Waals surface area contributed by atoms with E-state index in [-0.39, 0.29) is 6.04 Å². The molecule has 112 valence electrons. The van der Waals surface area contributed by atoms with Crippen LogP contribution in [0.2, 0.25) is 0 Å². The van der Waals surface area contributed by atoms with Crippen molar-refractivity contribution in [2.24, 2.45) is 0 Å². The molecule has 0 radical (unpaired) electrons. The summed E-state index contributed by atoms with van der Waals surface area (Å²) < 4.78 is 26.7. The Morgan fingerprint density at radius 2 is 1.67 bits per heavy atom. The molecule has 0 aliphatic rings. The molecule has 0 aliphatic heterocycles. The molecular formula is C18H21F2N. The summed E-state index contributed by atoms with van der Waals surface area (Å²) in [5.41, 5.74) is 2.68. The Morgan fingerprint density at radius 3 is 2.24 bits per heavy atom. The van der Waals surface area contributed by atoms with Crippen molar-refractivity contribution in [2.75, 3.05) is 5.32 Å². The topological polar surface area (TPSA) is 12.0 Å². The van der Waals surface area contributed by atoms with Gasteiger partial charge in [0.1, 0.15) is 11.6 Å². The minimum Gasteiger partial charge on any atom is -0.378 e. The number of hydrogen-bond donors (Lipinski definition) is 1. The average molecular weight is 289 g/mol. The molecule has 21 heavy (non-hydrogen) atoms. The van der Waals surface area contributed by atoms with Crippen LogP contribution < -0.4 is 5.32 Å². The zero-order chi connectivity index (χ0) is 15.4. The minimum absolute atomic E-state index is 0.222. The Balaban J connectivity index is 2.10. The third-order valence-electron chi connectivity index (χ3n) is 3.90. The number of hydrogen-bond acceptors (Lipinski definition) is 1. The first-order chi connectivity index (χ1) is 10.0. The summed E-state index contributed by atoms with van der Waals surface area (Å²) in [5, 5.41) is 3.24. The molecule has 0 bridgehead atoms. The molecule has 2 atom stereocenters. The van der Waals surface area contributed by atoms with Crippen molar-refractivity contribution in [1.82, 2.24) is 0 Å². The molecule has 2 aromatic carbocycles. The number of benzene rings is 2. The second-order valence-electron chi connectivity index (χ2n) is 5.46. The van der Waals surface area contributed by atoms with Crippen molar-refractivity contribution in [2.45, 2.75) is 39.2 Å². The van der Waals surface area contributed by atoms with Gasteiger partial charge in [-0.1, -0.05) is 32.0 Å². The molecule has 0 aromatic heterocycles. The standard InChI is InChI=1S/C18H21F2N/c1-4-12(2)14-5-8-16(9-6-14)21-13(3)17-10-7-15(19)11-18(17)20/h5-13,21H,4H2,1-3H3. The molecule has 2 rings (SSSR count). The maximum Gasteiger partial charge on any atom is 0.131 e. The van der Waals surface area contributed by atoms with E-state index in [1.54, 1.807) is 0 Å². The van der Waals surface area contributed by atoms with E-state index < -0.39 is 11.6 Å². The van der Waals surface area contributed by atoms with Crippen LogP contribution in [-0.4, -0.2) is 0 Å². The first kappa shape index (κ1) is 15.5. The van der Waals surface area contributed by atoms with Crippen LogP contribution in [0.1, 0.15) is 50.3 Å². The molecule has 0 fully saturated rings. The van der Waals surface area contributed by atoms with Gasteiger partial charge in [-0.15, -0.1) is 0 Å². The second kappa shape index (κ2) is 6.70. The quantitative estimate of drug-likeness (QED) is 0.749. The highest BCUT2D eigenvalue weighted by Crippen LogP contribution is 2.24. The molecule has 0 saturated heterocycles. The van der Waals surface area contributed by atoms with E-state index in [1.165, 1.54) is 17.7 Å². The summed E-state index contributed by atoms with van der Waals surface area (Å²) in [6, 6.07) is 11.6. The molecule has 2 aromatic rings.